The molecule has 0 heterocycles. The summed E-state index contributed by atoms with van der Waals surface area (Å²) in [6, 6.07) is 43.1. The fraction of sp³-hybridized carbons (Fsp3) is 0.122. The Morgan fingerprint density at radius 3 is 1.38 bits per heavy atom. The van der Waals surface area contributed by atoms with Gasteiger partial charge in [-0.2, -0.15) is 0 Å². The summed E-state index contributed by atoms with van der Waals surface area (Å²) in [6.07, 6.45) is 0. The van der Waals surface area contributed by atoms with Crippen LogP contribution in [0.5, 0.6) is 11.5 Å². The van der Waals surface area contributed by atoms with Crippen LogP contribution in [0.15, 0.2) is 153 Å². The van der Waals surface area contributed by atoms with E-state index in [-0.39, 0.29) is 24.7 Å². The molecule has 6 N–H and O–H groups in total. The molecule has 0 saturated heterocycles. The molecule has 6 aromatic carbocycles. The second-order valence-corrected chi connectivity index (χ2v) is 14.1. The molecule has 0 atom stereocenters. The molecule has 0 fully saturated rings. The number of aryl methyl sites for hydroxylation is 1. The van der Waals surface area contributed by atoms with Gasteiger partial charge in [-0.05, 0) is 103 Å². The predicted molar refractivity (Wildman–Crippen MR) is 206 cm³/mol. The Morgan fingerprint density at radius 1 is 0.520 bits per heavy atom. The Morgan fingerprint density at radius 2 is 0.940 bits per heavy atom. The maximum atomic E-state index is 9.66. The first-order valence-electron chi connectivity index (χ1n) is 16.0. The first-order chi connectivity index (χ1) is 24.3. The molecule has 6 aromatic rings. The number of phenols is 2. The van der Waals surface area contributed by atoms with Crippen molar-refractivity contribution >= 4 is 46.5 Å². The second kappa shape index (κ2) is 18.4. The van der Waals surface area contributed by atoms with E-state index in [1.54, 1.807) is 53.9 Å². The number of benzene rings is 6. The van der Waals surface area contributed by atoms with E-state index >= 15 is 0 Å². The van der Waals surface area contributed by atoms with Crippen LogP contribution in [-0.4, -0.2) is 20.4 Å². The number of anilines is 2. The Bertz CT molecular complexity index is 1840. The van der Waals surface area contributed by atoms with Crippen molar-refractivity contribution in [2.75, 3.05) is 10.6 Å². The fourth-order valence-electron chi connectivity index (χ4n) is 4.90. The SMILES string of the molecule is Cc1ccc(Sc2ccccc2CNc2ccc(O)c(CO)c2)cc1.OCc1cc(NCc2ccccc2Sc2ccc(Cl)cc2)ccc1O. The molecule has 0 aliphatic heterocycles. The van der Waals surface area contributed by atoms with Gasteiger partial charge in [0, 0.05) is 60.2 Å². The molecule has 50 heavy (non-hydrogen) atoms. The van der Waals surface area contributed by atoms with Crippen molar-refractivity contribution in [3.63, 3.8) is 0 Å². The molecule has 0 aromatic heterocycles. The van der Waals surface area contributed by atoms with E-state index in [1.807, 2.05) is 54.6 Å². The van der Waals surface area contributed by atoms with Crippen molar-refractivity contribution in [3.8, 4) is 11.5 Å². The molecule has 6 rings (SSSR count). The molecular weight excluding hydrogens is 684 g/mol. The summed E-state index contributed by atoms with van der Waals surface area (Å²) < 4.78 is 0. The molecule has 0 radical (unpaired) electrons. The van der Waals surface area contributed by atoms with Gasteiger partial charge in [-0.25, -0.2) is 0 Å². The highest BCUT2D eigenvalue weighted by atomic mass is 35.5. The number of aliphatic hydroxyl groups is 2. The van der Waals surface area contributed by atoms with Crippen molar-refractivity contribution in [3.05, 3.63) is 166 Å². The fourth-order valence-corrected chi connectivity index (χ4v) is 6.91. The highest BCUT2D eigenvalue weighted by Gasteiger charge is 2.08. The number of aromatic hydroxyl groups is 2. The lowest BCUT2D eigenvalue weighted by molar-refractivity contribution is 0.275. The number of nitrogens with one attached hydrogen (secondary N) is 2. The van der Waals surface area contributed by atoms with Gasteiger partial charge in [0.1, 0.15) is 11.5 Å². The van der Waals surface area contributed by atoms with Crippen LogP contribution in [-0.2, 0) is 26.3 Å². The first kappa shape index (κ1) is 36.7. The zero-order chi connectivity index (χ0) is 35.3. The normalized spacial score (nSPS) is 10.6. The van der Waals surface area contributed by atoms with Gasteiger partial charge in [-0.15, -0.1) is 0 Å². The average molecular weight is 723 g/mol. The highest BCUT2D eigenvalue weighted by molar-refractivity contribution is 7.99. The lowest BCUT2D eigenvalue weighted by Gasteiger charge is -2.12. The van der Waals surface area contributed by atoms with Crippen LogP contribution in [0.1, 0.15) is 27.8 Å². The molecule has 0 aliphatic rings. The Kier molecular flexibility index (Phi) is 13.5. The van der Waals surface area contributed by atoms with Crippen LogP contribution in [0.4, 0.5) is 11.4 Å². The van der Waals surface area contributed by atoms with E-state index in [2.05, 4.69) is 66.1 Å². The van der Waals surface area contributed by atoms with E-state index in [4.69, 9.17) is 11.6 Å². The summed E-state index contributed by atoms with van der Waals surface area (Å²) in [7, 11) is 0. The number of aliphatic hydroxyl groups excluding tert-OH is 2. The number of hydrogen-bond acceptors (Lipinski definition) is 8. The van der Waals surface area contributed by atoms with Crippen molar-refractivity contribution in [1.82, 2.24) is 0 Å². The van der Waals surface area contributed by atoms with Gasteiger partial charge in [0.15, 0.2) is 0 Å². The lowest BCUT2D eigenvalue weighted by atomic mass is 10.1. The molecule has 0 spiro atoms. The zero-order valence-electron chi connectivity index (χ0n) is 27.5. The summed E-state index contributed by atoms with van der Waals surface area (Å²) in [5.74, 6) is 0.218. The van der Waals surface area contributed by atoms with E-state index in [9.17, 15) is 20.4 Å². The topological polar surface area (TPSA) is 105 Å². The molecule has 9 heteroatoms. The lowest BCUT2D eigenvalue weighted by Crippen LogP contribution is -2.01. The predicted octanol–water partition coefficient (Wildman–Crippen LogP) is 10.3. The molecule has 0 saturated carbocycles. The highest BCUT2D eigenvalue weighted by Crippen LogP contribution is 2.33. The van der Waals surface area contributed by atoms with Gasteiger partial charge >= 0.3 is 0 Å². The summed E-state index contributed by atoms with van der Waals surface area (Å²) in [5, 5.41) is 45.3. The third-order valence-electron chi connectivity index (χ3n) is 7.70. The monoisotopic (exact) mass is 722 g/mol. The van der Waals surface area contributed by atoms with Gasteiger partial charge in [0.25, 0.3) is 0 Å². The number of rotatable bonds is 12. The maximum Gasteiger partial charge on any atom is 0.121 e. The molecule has 0 bridgehead atoms. The average Bonchev–Trinajstić information content (AvgIpc) is 3.14. The smallest absolute Gasteiger partial charge is 0.121 e. The summed E-state index contributed by atoms with van der Waals surface area (Å²) in [5.41, 5.74) is 6.38. The van der Waals surface area contributed by atoms with Crippen LogP contribution >= 0.6 is 35.1 Å². The molecular formula is C41H39ClN2O4S2. The number of halogens is 1. The van der Waals surface area contributed by atoms with Crippen molar-refractivity contribution in [2.24, 2.45) is 0 Å². The molecule has 256 valence electrons. The quantitative estimate of drug-likeness (QED) is 0.0694. The number of hydrogen-bond donors (Lipinski definition) is 6. The molecule has 0 unspecified atom stereocenters. The van der Waals surface area contributed by atoms with Crippen LogP contribution < -0.4 is 10.6 Å². The Labute approximate surface area is 306 Å². The van der Waals surface area contributed by atoms with E-state index < -0.39 is 0 Å². The van der Waals surface area contributed by atoms with E-state index in [0.717, 1.165) is 21.3 Å². The second-order valence-electron chi connectivity index (χ2n) is 11.4. The molecule has 0 aliphatic carbocycles. The van der Waals surface area contributed by atoms with Gasteiger partial charge in [0.2, 0.25) is 0 Å². The van der Waals surface area contributed by atoms with Crippen LogP contribution in [0, 0.1) is 6.92 Å². The Balaban J connectivity index is 0.000000194. The summed E-state index contributed by atoms with van der Waals surface area (Å²) in [6.45, 7) is 3.03. The summed E-state index contributed by atoms with van der Waals surface area (Å²) in [4.78, 5) is 4.72. The van der Waals surface area contributed by atoms with Crippen molar-refractivity contribution < 1.29 is 20.4 Å². The van der Waals surface area contributed by atoms with Crippen molar-refractivity contribution in [1.29, 1.82) is 0 Å². The van der Waals surface area contributed by atoms with E-state index in [1.165, 1.54) is 31.4 Å². The van der Waals surface area contributed by atoms with Gasteiger partial charge in [-0.3, -0.25) is 0 Å². The van der Waals surface area contributed by atoms with Crippen LogP contribution in [0.2, 0.25) is 5.02 Å². The van der Waals surface area contributed by atoms with Crippen LogP contribution in [0.25, 0.3) is 0 Å². The minimum Gasteiger partial charge on any atom is -0.508 e. The van der Waals surface area contributed by atoms with Gasteiger partial charge in [0.05, 0.1) is 13.2 Å². The van der Waals surface area contributed by atoms with Gasteiger partial charge in [-0.1, -0.05) is 89.2 Å². The third-order valence-corrected chi connectivity index (χ3v) is 10.2. The zero-order valence-corrected chi connectivity index (χ0v) is 29.9. The van der Waals surface area contributed by atoms with Crippen molar-refractivity contribution in [2.45, 2.75) is 52.8 Å². The third kappa shape index (κ3) is 10.7. The van der Waals surface area contributed by atoms with E-state index in [0.29, 0.717) is 24.2 Å². The minimum atomic E-state index is -0.190. The maximum absolute atomic E-state index is 9.66. The molecule has 6 nitrogen and oxygen atoms in total. The van der Waals surface area contributed by atoms with Gasteiger partial charge < -0.3 is 31.1 Å². The Hall–Kier alpha value is -4.57. The van der Waals surface area contributed by atoms with Crippen LogP contribution in [0.3, 0.4) is 0 Å². The largest absolute Gasteiger partial charge is 0.508 e. The first-order valence-corrected chi connectivity index (χ1v) is 18.0. The summed E-state index contributed by atoms with van der Waals surface area (Å²) >= 11 is 9.38. The minimum absolute atomic E-state index is 0.103. The standard InChI is InChI=1S/C21H21NO2S.C20H18ClNO2S/c1-15-6-9-19(10-7-15)25-21-5-3-2-4-16(21)13-22-18-8-11-20(24)17(12-18)14-23;21-16-5-8-18(9-6-16)25-20-4-2-1-3-14(20)12-22-17-7-10-19(24)15(11-17)13-23/h2-12,22-24H,13-14H2,1H3;1-11,22-24H,12-13H2. The molecule has 0 amide bonds.